The van der Waals surface area contributed by atoms with E-state index in [4.69, 9.17) is 0 Å². The van der Waals surface area contributed by atoms with Crippen LogP contribution in [0.5, 0.6) is 0 Å². The van der Waals surface area contributed by atoms with E-state index in [1.165, 1.54) is 6.07 Å². The monoisotopic (exact) mass is 282 g/mol. The molecule has 0 aliphatic rings. The minimum atomic E-state index is -0.202. The molecule has 0 spiro atoms. The SMILES string of the molecule is Cc1ccc(F)c(CNc2ccccc2-n2ccnn2)c1. The summed E-state index contributed by atoms with van der Waals surface area (Å²) < 4.78 is 15.5. The molecule has 3 aromatic rings. The van der Waals surface area contributed by atoms with Gasteiger partial charge in [-0.15, -0.1) is 5.10 Å². The highest BCUT2D eigenvalue weighted by atomic mass is 19.1. The lowest BCUT2D eigenvalue weighted by atomic mass is 10.1. The van der Waals surface area contributed by atoms with E-state index in [1.54, 1.807) is 23.1 Å². The number of hydrogen-bond donors (Lipinski definition) is 1. The maximum Gasteiger partial charge on any atom is 0.128 e. The topological polar surface area (TPSA) is 42.7 Å². The highest BCUT2D eigenvalue weighted by Gasteiger charge is 2.06. The number of anilines is 1. The number of benzene rings is 2. The molecule has 5 heteroatoms. The van der Waals surface area contributed by atoms with Crippen molar-refractivity contribution < 1.29 is 4.39 Å². The fraction of sp³-hybridized carbons (Fsp3) is 0.125. The van der Waals surface area contributed by atoms with Crippen LogP contribution in [-0.4, -0.2) is 15.0 Å². The van der Waals surface area contributed by atoms with Gasteiger partial charge in [-0.25, -0.2) is 9.07 Å². The van der Waals surface area contributed by atoms with Crippen molar-refractivity contribution in [2.75, 3.05) is 5.32 Å². The van der Waals surface area contributed by atoms with Crippen molar-refractivity contribution in [2.24, 2.45) is 0 Å². The Morgan fingerprint density at radius 2 is 2.05 bits per heavy atom. The molecule has 106 valence electrons. The molecule has 0 radical (unpaired) electrons. The average molecular weight is 282 g/mol. The van der Waals surface area contributed by atoms with Crippen LogP contribution in [0.2, 0.25) is 0 Å². The molecule has 2 aromatic carbocycles. The molecule has 0 saturated heterocycles. The van der Waals surface area contributed by atoms with E-state index in [1.807, 2.05) is 37.3 Å². The lowest BCUT2D eigenvalue weighted by Crippen LogP contribution is -2.06. The fourth-order valence-electron chi connectivity index (χ4n) is 2.19. The van der Waals surface area contributed by atoms with Crippen molar-refractivity contribution in [3.8, 4) is 5.69 Å². The van der Waals surface area contributed by atoms with Gasteiger partial charge in [-0.2, -0.15) is 0 Å². The Bertz CT molecular complexity index is 738. The molecule has 3 rings (SSSR count). The average Bonchev–Trinajstić information content (AvgIpc) is 3.03. The Kier molecular flexibility index (Phi) is 3.64. The maximum absolute atomic E-state index is 13.8. The van der Waals surface area contributed by atoms with Gasteiger partial charge in [0.05, 0.1) is 23.8 Å². The standard InChI is InChI=1S/C16H15FN4/c1-12-6-7-14(17)13(10-12)11-18-15-4-2-3-5-16(15)21-9-8-19-20-21/h2-10,18H,11H2,1H3. The van der Waals surface area contributed by atoms with Crippen LogP contribution < -0.4 is 5.32 Å². The highest BCUT2D eigenvalue weighted by Crippen LogP contribution is 2.20. The van der Waals surface area contributed by atoms with Gasteiger partial charge in [0.1, 0.15) is 5.82 Å². The molecule has 4 nitrogen and oxygen atoms in total. The van der Waals surface area contributed by atoms with Crippen LogP contribution >= 0.6 is 0 Å². The number of nitrogens with zero attached hydrogens (tertiary/aromatic N) is 3. The first-order valence-corrected chi connectivity index (χ1v) is 6.68. The van der Waals surface area contributed by atoms with Gasteiger partial charge in [0.2, 0.25) is 0 Å². The van der Waals surface area contributed by atoms with Crippen LogP contribution in [0.4, 0.5) is 10.1 Å². The van der Waals surface area contributed by atoms with E-state index < -0.39 is 0 Å². The molecule has 1 aromatic heterocycles. The number of nitrogens with one attached hydrogen (secondary N) is 1. The lowest BCUT2D eigenvalue weighted by Gasteiger charge is -2.12. The second-order valence-electron chi connectivity index (χ2n) is 4.81. The van der Waals surface area contributed by atoms with Crippen molar-refractivity contribution in [3.63, 3.8) is 0 Å². The predicted octanol–water partition coefficient (Wildman–Crippen LogP) is 3.33. The van der Waals surface area contributed by atoms with Gasteiger partial charge in [0.25, 0.3) is 0 Å². The van der Waals surface area contributed by atoms with E-state index in [9.17, 15) is 4.39 Å². The lowest BCUT2D eigenvalue weighted by molar-refractivity contribution is 0.612. The van der Waals surface area contributed by atoms with Crippen LogP contribution in [0.15, 0.2) is 54.9 Å². The summed E-state index contributed by atoms with van der Waals surface area (Å²) in [5.74, 6) is -0.202. The van der Waals surface area contributed by atoms with Crippen LogP contribution in [0, 0.1) is 12.7 Å². The number of rotatable bonds is 4. The number of aryl methyl sites for hydroxylation is 1. The molecule has 0 aliphatic heterocycles. The highest BCUT2D eigenvalue weighted by molar-refractivity contribution is 5.60. The first kappa shape index (κ1) is 13.3. The smallest absolute Gasteiger partial charge is 0.128 e. The van der Waals surface area contributed by atoms with E-state index in [0.717, 1.165) is 16.9 Å². The zero-order valence-electron chi connectivity index (χ0n) is 11.6. The summed E-state index contributed by atoms with van der Waals surface area (Å²) in [6.45, 7) is 2.37. The second-order valence-corrected chi connectivity index (χ2v) is 4.81. The summed E-state index contributed by atoms with van der Waals surface area (Å²) >= 11 is 0. The molecule has 1 N–H and O–H groups in total. The molecule has 0 amide bonds. The van der Waals surface area contributed by atoms with E-state index in [0.29, 0.717) is 12.1 Å². The number of aromatic nitrogens is 3. The molecule has 0 atom stereocenters. The van der Waals surface area contributed by atoms with Crippen molar-refractivity contribution in [1.29, 1.82) is 0 Å². The van der Waals surface area contributed by atoms with Gasteiger partial charge >= 0.3 is 0 Å². The summed E-state index contributed by atoms with van der Waals surface area (Å²) in [6, 6.07) is 12.8. The van der Waals surface area contributed by atoms with Crippen molar-refractivity contribution in [1.82, 2.24) is 15.0 Å². The molecular formula is C16H15FN4. The van der Waals surface area contributed by atoms with Gasteiger partial charge in [-0.1, -0.05) is 35.0 Å². The van der Waals surface area contributed by atoms with Crippen LogP contribution in [-0.2, 0) is 6.54 Å². The number of para-hydroxylation sites is 2. The quantitative estimate of drug-likeness (QED) is 0.798. The molecule has 21 heavy (non-hydrogen) atoms. The van der Waals surface area contributed by atoms with Crippen molar-refractivity contribution in [2.45, 2.75) is 13.5 Å². The van der Waals surface area contributed by atoms with Gasteiger partial charge in [-0.05, 0) is 25.1 Å². The molecule has 0 fully saturated rings. The molecule has 1 heterocycles. The van der Waals surface area contributed by atoms with E-state index in [2.05, 4.69) is 15.6 Å². The minimum absolute atomic E-state index is 0.202. The molecule has 0 aliphatic carbocycles. The second kappa shape index (κ2) is 5.75. The third-order valence-electron chi connectivity index (χ3n) is 3.24. The third kappa shape index (κ3) is 2.91. The van der Waals surface area contributed by atoms with Gasteiger partial charge < -0.3 is 5.32 Å². The molecule has 0 bridgehead atoms. The van der Waals surface area contributed by atoms with Gasteiger partial charge in [-0.3, -0.25) is 0 Å². The Labute approximate surface area is 122 Å². The van der Waals surface area contributed by atoms with Crippen molar-refractivity contribution in [3.05, 3.63) is 71.8 Å². The molecule has 0 unspecified atom stereocenters. The van der Waals surface area contributed by atoms with Crippen LogP contribution in [0.25, 0.3) is 5.69 Å². The summed E-state index contributed by atoms with van der Waals surface area (Å²) in [7, 11) is 0. The maximum atomic E-state index is 13.8. The Morgan fingerprint density at radius 1 is 1.19 bits per heavy atom. The third-order valence-corrected chi connectivity index (χ3v) is 3.24. The largest absolute Gasteiger partial charge is 0.379 e. The zero-order chi connectivity index (χ0) is 14.7. The molecular weight excluding hydrogens is 267 g/mol. The zero-order valence-corrected chi connectivity index (χ0v) is 11.6. The predicted molar refractivity (Wildman–Crippen MR) is 79.8 cm³/mol. The van der Waals surface area contributed by atoms with E-state index >= 15 is 0 Å². The summed E-state index contributed by atoms with van der Waals surface area (Å²) in [5, 5.41) is 11.1. The summed E-state index contributed by atoms with van der Waals surface area (Å²) in [6.07, 6.45) is 3.39. The molecule has 0 saturated carbocycles. The van der Waals surface area contributed by atoms with Crippen LogP contribution in [0.1, 0.15) is 11.1 Å². The van der Waals surface area contributed by atoms with Crippen LogP contribution in [0.3, 0.4) is 0 Å². The van der Waals surface area contributed by atoms with Gasteiger partial charge in [0, 0.05) is 12.1 Å². The Hall–Kier alpha value is -2.69. The Balaban J connectivity index is 1.84. The van der Waals surface area contributed by atoms with Crippen molar-refractivity contribution >= 4 is 5.69 Å². The first-order chi connectivity index (χ1) is 10.2. The van der Waals surface area contributed by atoms with E-state index in [-0.39, 0.29) is 5.82 Å². The normalized spacial score (nSPS) is 10.6. The number of hydrogen-bond acceptors (Lipinski definition) is 3. The fourth-order valence-corrected chi connectivity index (χ4v) is 2.19. The Morgan fingerprint density at radius 3 is 2.86 bits per heavy atom. The first-order valence-electron chi connectivity index (χ1n) is 6.68. The number of halogens is 1. The summed E-state index contributed by atoms with van der Waals surface area (Å²) in [4.78, 5) is 0. The van der Waals surface area contributed by atoms with Gasteiger partial charge in [0.15, 0.2) is 0 Å². The minimum Gasteiger partial charge on any atom is -0.379 e. The summed E-state index contributed by atoms with van der Waals surface area (Å²) in [5.41, 5.74) is 3.44.